The molecule has 0 spiro atoms. The van der Waals surface area contributed by atoms with Crippen LogP contribution < -0.4 is 10.1 Å². The summed E-state index contributed by atoms with van der Waals surface area (Å²) in [5.41, 5.74) is 1.12. The number of aryl methyl sites for hydroxylation is 1. The zero-order chi connectivity index (χ0) is 17.7. The van der Waals surface area contributed by atoms with Crippen molar-refractivity contribution in [3.8, 4) is 5.75 Å². The molecular weight excluding hydrogens is 308 g/mol. The number of likely N-dealkylation sites (tertiary alicyclic amines) is 1. The molecule has 1 aromatic rings. The molecule has 6 heteroatoms. The summed E-state index contributed by atoms with van der Waals surface area (Å²) < 4.78 is 5.79. The Morgan fingerprint density at radius 2 is 2.17 bits per heavy atom. The van der Waals surface area contributed by atoms with Crippen molar-refractivity contribution in [1.29, 1.82) is 0 Å². The molecule has 0 bridgehead atoms. The van der Waals surface area contributed by atoms with Gasteiger partial charge >= 0.3 is 12.0 Å². The van der Waals surface area contributed by atoms with Crippen molar-refractivity contribution < 1.29 is 19.4 Å². The molecule has 0 aliphatic carbocycles. The van der Waals surface area contributed by atoms with Crippen molar-refractivity contribution in [3.63, 3.8) is 0 Å². The number of rotatable bonds is 5. The van der Waals surface area contributed by atoms with E-state index in [4.69, 9.17) is 4.74 Å². The van der Waals surface area contributed by atoms with E-state index in [0.29, 0.717) is 19.5 Å². The molecule has 2 amide bonds. The zero-order valence-electron chi connectivity index (χ0n) is 14.5. The monoisotopic (exact) mass is 334 g/mol. The summed E-state index contributed by atoms with van der Waals surface area (Å²) in [6.07, 6.45) is 0.444. The summed E-state index contributed by atoms with van der Waals surface area (Å²) >= 11 is 0. The van der Waals surface area contributed by atoms with E-state index in [0.717, 1.165) is 11.3 Å². The van der Waals surface area contributed by atoms with E-state index in [9.17, 15) is 14.7 Å². The molecule has 0 aromatic heterocycles. The third kappa shape index (κ3) is 5.15. The van der Waals surface area contributed by atoms with E-state index in [-0.39, 0.29) is 24.6 Å². The minimum atomic E-state index is -0.838. The largest absolute Gasteiger partial charge is 0.489 e. The fourth-order valence-electron chi connectivity index (χ4n) is 3.00. The van der Waals surface area contributed by atoms with Gasteiger partial charge in [-0.05, 0) is 43.9 Å². The number of carbonyl (C=O) groups is 2. The van der Waals surface area contributed by atoms with E-state index < -0.39 is 11.9 Å². The van der Waals surface area contributed by atoms with Gasteiger partial charge in [-0.2, -0.15) is 0 Å². The normalized spacial score (nSPS) is 21.9. The number of carbonyl (C=O) groups excluding carboxylic acids is 1. The smallest absolute Gasteiger partial charge is 0.317 e. The first-order chi connectivity index (χ1) is 11.3. The van der Waals surface area contributed by atoms with Crippen LogP contribution in [0.5, 0.6) is 5.75 Å². The number of aliphatic carboxylic acids is 1. The molecular formula is C18H26N2O4. The maximum absolute atomic E-state index is 12.3. The van der Waals surface area contributed by atoms with Gasteiger partial charge in [0, 0.05) is 13.1 Å². The number of nitrogens with one attached hydrogen (secondary N) is 1. The highest BCUT2D eigenvalue weighted by molar-refractivity contribution is 5.76. The van der Waals surface area contributed by atoms with E-state index in [2.05, 4.69) is 5.32 Å². The summed E-state index contributed by atoms with van der Waals surface area (Å²) in [6.45, 7) is 7.08. The molecule has 1 saturated heterocycles. The lowest BCUT2D eigenvalue weighted by molar-refractivity contribution is -0.143. The van der Waals surface area contributed by atoms with Crippen molar-refractivity contribution in [2.75, 3.05) is 19.6 Å². The first-order valence-electron chi connectivity index (χ1n) is 8.34. The van der Waals surface area contributed by atoms with Gasteiger partial charge in [-0.1, -0.05) is 19.1 Å². The second-order valence-corrected chi connectivity index (χ2v) is 6.71. The van der Waals surface area contributed by atoms with Gasteiger partial charge in [-0.25, -0.2) is 4.79 Å². The fourth-order valence-corrected chi connectivity index (χ4v) is 3.00. The number of nitrogens with zero attached hydrogens (tertiary/aromatic N) is 1. The van der Waals surface area contributed by atoms with Crippen LogP contribution in [0.4, 0.5) is 4.79 Å². The fraction of sp³-hybridized carbons (Fsp3) is 0.556. The Balaban J connectivity index is 1.82. The SMILES string of the molecule is Cc1cccc(OC(C)CNC(=O)N2CC(C)CC(C(=O)O)C2)c1. The Hall–Kier alpha value is -2.24. The number of piperidine rings is 1. The maximum atomic E-state index is 12.3. The Morgan fingerprint density at radius 3 is 2.83 bits per heavy atom. The number of carboxylic acid groups (broad SMARTS) is 1. The average molecular weight is 334 g/mol. The lowest BCUT2D eigenvalue weighted by atomic mass is 9.91. The van der Waals surface area contributed by atoms with E-state index in [1.165, 1.54) is 0 Å². The first-order valence-corrected chi connectivity index (χ1v) is 8.34. The molecule has 1 aliphatic rings. The third-order valence-electron chi connectivity index (χ3n) is 4.16. The van der Waals surface area contributed by atoms with E-state index in [1.807, 2.05) is 45.0 Å². The summed E-state index contributed by atoms with van der Waals surface area (Å²) in [6, 6.07) is 7.52. The zero-order valence-corrected chi connectivity index (χ0v) is 14.5. The van der Waals surface area contributed by atoms with Crippen LogP contribution in [0.2, 0.25) is 0 Å². The molecule has 0 radical (unpaired) electrons. The van der Waals surface area contributed by atoms with Crippen LogP contribution in [-0.4, -0.2) is 47.7 Å². The maximum Gasteiger partial charge on any atom is 0.317 e. The van der Waals surface area contributed by atoms with Crippen LogP contribution in [0.15, 0.2) is 24.3 Å². The van der Waals surface area contributed by atoms with Gasteiger partial charge in [-0.3, -0.25) is 4.79 Å². The van der Waals surface area contributed by atoms with Gasteiger partial charge in [0.15, 0.2) is 0 Å². The third-order valence-corrected chi connectivity index (χ3v) is 4.16. The minimum Gasteiger partial charge on any atom is -0.489 e. The highest BCUT2D eigenvalue weighted by atomic mass is 16.5. The van der Waals surface area contributed by atoms with E-state index in [1.54, 1.807) is 4.90 Å². The molecule has 1 aromatic carbocycles. The van der Waals surface area contributed by atoms with Gasteiger partial charge in [0.2, 0.25) is 0 Å². The molecule has 6 nitrogen and oxygen atoms in total. The molecule has 24 heavy (non-hydrogen) atoms. The summed E-state index contributed by atoms with van der Waals surface area (Å²) in [5, 5.41) is 12.0. The van der Waals surface area contributed by atoms with Crippen molar-refractivity contribution in [1.82, 2.24) is 10.2 Å². The Bertz CT molecular complexity index is 590. The molecule has 1 aliphatic heterocycles. The number of ether oxygens (including phenoxy) is 1. The Labute approximate surface area is 142 Å². The number of carboxylic acids is 1. The van der Waals surface area contributed by atoms with Gasteiger partial charge in [0.1, 0.15) is 11.9 Å². The summed E-state index contributed by atoms with van der Waals surface area (Å²) in [4.78, 5) is 25.1. The Morgan fingerprint density at radius 1 is 1.42 bits per heavy atom. The Kier molecular flexibility index (Phi) is 6.06. The van der Waals surface area contributed by atoms with Crippen LogP contribution in [0, 0.1) is 18.8 Å². The molecule has 3 atom stereocenters. The van der Waals surface area contributed by atoms with Crippen LogP contribution in [0.25, 0.3) is 0 Å². The molecule has 1 heterocycles. The highest BCUT2D eigenvalue weighted by Gasteiger charge is 2.31. The number of urea groups is 1. The van der Waals surface area contributed by atoms with Crippen molar-refractivity contribution >= 4 is 12.0 Å². The topological polar surface area (TPSA) is 78.9 Å². The second kappa shape index (κ2) is 8.04. The lowest BCUT2D eigenvalue weighted by Gasteiger charge is -2.34. The molecule has 2 N–H and O–H groups in total. The van der Waals surface area contributed by atoms with Crippen molar-refractivity contribution in [2.24, 2.45) is 11.8 Å². The highest BCUT2D eigenvalue weighted by Crippen LogP contribution is 2.21. The van der Waals surface area contributed by atoms with Gasteiger partial charge in [0.25, 0.3) is 0 Å². The quantitative estimate of drug-likeness (QED) is 0.867. The lowest BCUT2D eigenvalue weighted by Crippen LogP contribution is -2.50. The van der Waals surface area contributed by atoms with Crippen molar-refractivity contribution in [2.45, 2.75) is 33.3 Å². The summed E-state index contributed by atoms with van der Waals surface area (Å²) in [7, 11) is 0. The van der Waals surface area contributed by atoms with Gasteiger partial charge in [0.05, 0.1) is 12.5 Å². The van der Waals surface area contributed by atoms with Crippen molar-refractivity contribution in [3.05, 3.63) is 29.8 Å². The molecule has 2 rings (SSSR count). The average Bonchev–Trinajstić information content (AvgIpc) is 2.52. The first kappa shape index (κ1) is 18.1. The molecule has 0 saturated carbocycles. The van der Waals surface area contributed by atoms with Gasteiger partial charge < -0.3 is 20.1 Å². The predicted octanol–water partition coefficient (Wildman–Crippen LogP) is 2.51. The number of benzene rings is 1. The molecule has 3 unspecified atom stereocenters. The van der Waals surface area contributed by atoms with Crippen LogP contribution >= 0.6 is 0 Å². The molecule has 132 valence electrons. The summed E-state index contributed by atoms with van der Waals surface area (Å²) in [5.74, 6) is -0.364. The van der Waals surface area contributed by atoms with Crippen LogP contribution in [0.3, 0.4) is 0 Å². The standard InChI is InChI=1S/C18H26N2O4/c1-12-5-4-6-16(8-12)24-14(3)9-19-18(23)20-10-13(2)7-15(11-20)17(21)22/h4-6,8,13-15H,7,9-11H2,1-3H3,(H,19,23)(H,21,22). The number of amides is 2. The van der Waals surface area contributed by atoms with Crippen LogP contribution in [-0.2, 0) is 4.79 Å². The van der Waals surface area contributed by atoms with E-state index >= 15 is 0 Å². The second-order valence-electron chi connectivity index (χ2n) is 6.71. The molecule has 1 fully saturated rings. The minimum absolute atomic E-state index is 0.173. The number of hydrogen-bond donors (Lipinski definition) is 2. The van der Waals surface area contributed by atoms with Gasteiger partial charge in [-0.15, -0.1) is 0 Å². The predicted molar refractivity (Wildman–Crippen MR) is 91.1 cm³/mol. The number of hydrogen-bond acceptors (Lipinski definition) is 3. The van der Waals surface area contributed by atoms with Crippen LogP contribution in [0.1, 0.15) is 25.8 Å².